The largest absolute Gasteiger partial charge is 0.392 e. The minimum Gasteiger partial charge on any atom is -0.392 e. The first-order valence-electron chi connectivity index (χ1n) is 9.72. The maximum absolute atomic E-state index is 12.4. The molecule has 0 saturated heterocycles. The number of carbonyl (C=O) groups excluding carboxylic acids is 2. The fourth-order valence-electron chi connectivity index (χ4n) is 6.80. The Kier molecular flexibility index (Phi) is 4.22. The number of halogens is 1. The fourth-order valence-corrected chi connectivity index (χ4v) is 7.90. The summed E-state index contributed by atoms with van der Waals surface area (Å²) in [4.78, 5) is 24.3. The van der Waals surface area contributed by atoms with E-state index >= 15 is 0 Å². The normalized spacial score (nSPS) is 51.3. The van der Waals surface area contributed by atoms with Gasteiger partial charge in [-0.05, 0) is 56.1 Å². The Morgan fingerprint density at radius 3 is 2.67 bits per heavy atom. The van der Waals surface area contributed by atoms with Crippen molar-refractivity contribution in [2.45, 2.75) is 62.0 Å². The number of aliphatic hydroxyl groups is 3. The van der Waals surface area contributed by atoms with Gasteiger partial charge < -0.3 is 15.3 Å². The molecule has 0 aromatic carbocycles. The molecule has 3 fully saturated rings. The lowest BCUT2D eigenvalue weighted by Gasteiger charge is -2.64. The number of carbonyl (C=O) groups is 2. The highest BCUT2D eigenvalue weighted by Gasteiger charge is 2.72. The number of ketones is 2. The van der Waals surface area contributed by atoms with Gasteiger partial charge in [0.05, 0.1) is 10.4 Å². The first kappa shape index (κ1) is 19.5. The van der Waals surface area contributed by atoms with Gasteiger partial charge in [0.1, 0.15) is 12.2 Å². The van der Waals surface area contributed by atoms with Gasteiger partial charge in [0, 0.05) is 10.8 Å². The van der Waals surface area contributed by atoms with Crippen molar-refractivity contribution in [3.8, 4) is 0 Å². The van der Waals surface area contributed by atoms with E-state index < -0.39 is 39.2 Å². The first-order chi connectivity index (χ1) is 12.5. The Balaban J connectivity index is 1.81. The molecule has 4 rings (SSSR count). The molecule has 27 heavy (non-hydrogen) atoms. The van der Waals surface area contributed by atoms with E-state index in [4.69, 9.17) is 0 Å². The summed E-state index contributed by atoms with van der Waals surface area (Å²) < 4.78 is -0.654. The number of alkyl halides is 1. The van der Waals surface area contributed by atoms with Crippen molar-refractivity contribution in [3.63, 3.8) is 0 Å². The molecule has 3 saturated carbocycles. The highest BCUT2D eigenvalue weighted by Crippen LogP contribution is 2.70. The van der Waals surface area contributed by atoms with Gasteiger partial charge in [-0.2, -0.15) is 0 Å². The van der Waals surface area contributed by atoms with Crippen LogP contribution in [-0.4, -0.2) is 49.5 Å². The molecule has 0 aromatic rings. The second kappa shape index (κ2) is 5.85. The summed E-state index contributed by atoms with van der Waals surface area (Å²) in [5, 5.41) is 32.0. The molecule has 0 spiro atoms. The van der Waals surface area contributed by atoms with Crippen molar-refractivity contribution in [2.75, 3.05) is 6.61 Å². The topological polar surface area (TPSA) is 94.8 Å². The third kappa shape index (κ3) is 2.16. The second-order valence-electron chi connectivity index (χ2n) is 9.24. The molecule has 0 heterocycles. The van der Waals surface area contributed by atoms with E-state index in [1.807, 2.05) is 13.0 Å². The van der Waals surface area contributed by atoms with Gasteiger partial charge >= 0.3 is 0 Å². The van der Waals surface area contributed by atoms with E-state index in [0.717, 1.165) is 18.4 Å². The Morgan fingerprint density at radius 1 is 1.30 bits per heavy atom. The maximum Gasteiger partial charge on any atom is 0.190 e. The Hall–Kier alpha value is -0.820. The molecule has 7 atom stereocenters. The van der Waals surface area contributed by atoms with Crippen molar-refractivity contribution < 1.29 is 24.9 Å². The number of hydrogen-bond donors (Lipinski definition) is 3. The maximum atomic E-state index is 12.4. The van der Waals surface area contributed by atoms with Crippen LogP contribution < -0.4 is 0 Å². The van der Waals surface area contributed by atoms with Crippen LogP contribution in [0.5, 0.6) is 0 Å². The number of aliphatic hydroxyl groups excluding tert-OH is 2. The quantitative estimate of drug-likeness (QED) is 0.573. The van der Waals surface area contributed by atoms with Gasteiger partial charge in [0.2, 0.25) is 0 Å². The zero-order valence-electron chi connectivity index (χ0n) is 15.7. The highest BCUT2D eigenvalue weighted by molar-refractivity contribution is 9.10. The molecule has 0 amide bonds. The molecule has 0 aromatic heterocycles. The van der Waals surface area contributed by atoms with Gasteiger partial charge in [-0.15, -0.1) is 0 Å². The summed E-state index contributed by atoms with van der Waals surface area (Å²) in [5.41, 5.74) is -1.84. The average Bonchev–Trinajstić information content (AvgIpc) is 2.88. The third-order valence-electron chi connectivity index (χ3n) is 8.40. The number of Topliss-reactive ketones (excluding diaryl/α,β-unsaturated/α-hetero) is 1. The van der Waals surface area contributed by atoms with Gasteiger partial charge in [-0.3, -0.25) is 9.59 Å². The molecular formula is C21H27BrO5. The Morgan fingerprint density at radius 2 is 2.00 bits per heavy atom. The van der Waals surface area contributed by atoms with E-state index in [2.05, 4.69) is 22.9 Å². The number of allylic oxidation sites excluding steroid dienone is 4. The molecular weight excluding hydrogens is 412 g/mol. The summed E-state index contributed by atoms with van der Waals surface area (Å²) in [7, 11) is 0. The molecule has 1 unspecified atom stereocenters. The molecule has 4 aliphatic rings. The Bertz CT molecular complexity index is 775. The van der Waals surface area contributed by atoms with Crippen LogP contribution >= 0.6 is 15.9 Å². The van der Waals surface area contributed by atoms with Gasteiger partial charge in [-0.1, -0.05) is 41.4 Å². The fraction of sp³-hybridized carbons (Fsp3) is 0.714. The van der Waals surface area contributed by atoms with Crippen LogP contribution in [0.3, 0.4) is 0 Å². The average molecular weight is 439 g/mol. The predicted molar refractivity (Wildman–Crippen MR) is 103 cm³/mol. The highest BCUT2D eigenvalue weighted by atomic mass is 79.9. The first-order valence-corrected chi connectivity index (χ1v) is 10.5. The molecule has 0 aliphatic heterocycles. The summed E-state index contributed by atoms with van der Waals surface area (Å²) in [6.07, 6.45) is 7.20. The second-order valence-corrected chi connectivity index (χ2v) is 10.6. The van der Waals surface area contributed by atoms with Crippen LogP contribution in [0.25, 0.3) is 0 Å². The minimum absolute atomic E-state index is 0.0176. The molecule has 0 radical (unpaired) electrons. The van der Waals surface area contributed by atoms with Crippen LogP contribution in [0.1, 0.15) is 46.0 Å². The van der Waals surface area contributed by atoms with E-state index in [1.54, 1.807) is 12.2 Å². The van der Waals surface area contributed by atoms with Crippen LogP contribution in [0, 0.1) is 22.7 Å². The van der Waals surface area contributed by atoms with Crippen molar-refractivity contribution in [1.29, 1.82) is 0 Å². The summed E-state index contributed by atoms with van der Waals surface area (Å²) >= 11 is 3.94. The minimum atomic E-state index is -1.60. The Labute approximate surface area is 167 Å². The molecule has 4 aliphatic carbocycles. The smallest absolute Gasteiger partial charge is 0.190 e. The van der Waals surface area contributed by atoms with Crippen LogP contribution in [0.2, 0.25) is 0 Å². The molecule has 3 N–H and O–H groups in total. The van der Waals surface area contributed by atoms with E-state index in [-0.39, 0.29) is 24.0 Å². The molecule has 6 heteroatoms. The van der Waals surface area contributed by atoms with Gasteiger partial charge in [0.25, 0.3) is 0 Å². The van der Waals surface area contributed by atoms with E-state index in [1.165, 1.54) is 0 Å². The van der Waals surface area contributed by atoms with Crippen molar-refractivity contribution in [3.05, 3.63) is 23.8 Å². The zero-order valence-corrected chi connectivity index (χ0v) is 17.3. The monoisotopic (exact) mass is 438 g/mol. The standard InChI is InChI=1S/C21H27BrO5/c1-18-7-5-13(24)9-12(18)3-4-15-14-6-8-20(27,17(26)11-23)19(14,2)10-16(25)21(15,18)22/h5,7,9,14-16,23,25,27H,3-4,6,8,10-11H2,1-2H3/t14-,15-,16?,18-,19-,20-,21-/m0/s1. The summed E-state index contributed by atoms with van der Waals surface area (Å²) in [6, 6.07) is 0. The zero-order chi connectivity index (χ0) is 19.8. The summed E-state index contributed by atoms with van der Waals surface area (Å²) in [6.45, 7) is 3.27. The summed E-state index contributed by atoms with van der Waals surface area (Å²) in [5.74, 6) is -0.472. The van der Waals surface area contributed by atoms with E-state index in [9.17, 15) is 24.9 Å². The van der Waals surface area contributed by atoms with Gasteiger partial charge in [0.15, 0.2) is 11.6 Å². The lowest BCUT2D eigenvalue weighted by Crippen LogP contribution is -2.68. The number of rotatable bonds is 2. The number of fused-ring (bicyclic) bond motifs is 5. The van der Waals surface area contributed by atoms with Crippen LogP contribution in [-0.2, 0) is 9.59 Å². The van der Waals surface area contributed by atoms with Crippen molar-refractivity contribution in [2.24, 2.45) is 22.7 Å². The van der Waals surface area contributed by atoms with Crippen molar-refractivity contribution >= 4 is 27.5 Å². The third-order valence-corrected chi connectivity index (χ3v) is 10.3. The van der Waals surface area contributed by atoms with Crippen molar-refractivity contribution in [1.82, 2.24) is 0 Å². The lowest BCUT2D eigenvalue weighted by atomic mass is 9.46. The van der Waals surface area contributed by atoms with E-state index in [0.29, 0.717) is 12.8 Å². The van der Waals surface area contributed by atoms with Crippen LogP contribution in [0.4, 0.5) is 0 Å². The number of hydrogen-bond acceptors (Lipinski definition) is 5. The SMILES string of the molecule is C[C@]12C=CC(=O)C=C1CC[C@H]1[C@@H]3CC[C@](O)(C(=O)CO)[C@@]3(C)CC(O)[C@@]12Br. The molecule has 148 valence electrons. The lowest BCUT2D eigenvalue weighted by molar-refractivity contribution is -0.172. The predicted octanol–water partition coefficient (Wildman–Crippen LogP) is 2.08. The van der Waals surface area contributed by atoms with Gasteiger partial charge in [-0.25, -0.2) is 0 Å². The molecule has 5 nitrogen and oxygen atoms in total. The molecule has 0 bridgehead atoms. The van der Waals surface area contributed by atoms with Crippen LogP contribution in [0.15, 0.2) is 23.8 Å².